The van der Waals surface area contributed by atoms with E-state index in [0.29, 0.717) is 18.4 Å². The molecule has 2 saturated heterocycles. The number of piperidine rings is 2. The van der Waals surface area contributed by atoms with Crippen LogP contribution in [0.5, 0.6) is 0 Å². The van der Waals surface area contributed by atoms with E-state index in [1.807, 2.05) is 0 Å². The van der Waals surface area contributed by atoms with Gasteiger partial charge in [-0.05, 0) is 146 Å². The summed E-state index contributed by atoms with van der Waals surface area (Å²) in [6.45, 7) is 20.0. The van der Waals surface area contributed by atoms with Crippen molar-refractivity contribution in [3.05, 3.63) is 0 Å². The highest BCUT2D eigenvalue weighted by Gasteiger charge is 2.56. The van der Waals surface area contributed by atoms with E-state index in [4.69, 9.17) is 11.5 Å². The van der Waals surface area contributed by atoms with Gasteiger partial charge in [-0.2, -0.15) is 0 Å². The predicted octanol–water partition coefficient (Wildman–Crippen LogP) is 7.25. The number of carbonyl (C=O) groups is 2. The molecule has 2 heterocycles. The fourth-order valence-corrected chi connectivity index (χ4v) is 10.2. The lowest BCUT2D eigenvalue weighted by molar-refractivity contribution is -0.150. The van der Waals surface area contributed by atoms with Crippen LogP contribution in [0.4, 0.5) is 0 Å². The largest absolute Gasteiger partial charge is 0.370 e. The molecule has 7 nitrogen and oxygen atoms in total. The van der Waals surface area contributed by atoms with Gasteiger partial charge in [0, 0.05) is 34.6 Å². The molecule has 1 saturated carbocycles. The van der Waals surface area contributed by atoms with E-state index in [1.54, 1.807) is 0 Å². The average Bonchev–Trinajstić information content (AvgIpc) is 2.92. The minimum atomic E-state index is -0.651. The molecule has 2 aliphatic heterocycles. The summed E-state index contributed by atoms with van der Waals surface area (Å²) in [7, 11) is 4.55. The zero-order valence-electron chi connectivity index (χ0n) is 31.3. The second kappa shape index (κ2) is 14.9. The van der Waals surface area contributed by atoms with Gasteiger partial charge in [0.25, 0.3) is 0 Å². The molecular weight excluding hydrogens is 558 g/mol. The molecule has 1 aliphatic carbocycles. The summed E-state index contributed by atoms with van der Waals surface area (Å²) in [4.78, 5) is 33.5. The Morgan fingerprint density at radius 2 is 1.18 bits per heavy atom. The van der Waals surface area contributed by atoms with Gasteiger partial charge in [-0.1, -0.05) is 44.9 Å². The highest BCUT2D eigenvalue weighted by molar-refractivity contribution is 5.85. The molecule has 45 heavy (non-hydrogen) atoms. The normalized spacial score (nSPS) is 26.1. The lowest BCUT2D eigenvalue weighted by Gasteiger charge is -2.60. The summed E-state index contributed by atoms with van der Waals surface area (Å²) < 4.78 is 0. The van der Waals surface area contributed by atoms with Crippen LogP contribution >= 0.6 is 0 Å². The molecular formula is C38H73N5O2. The smallest absolute Gasteiger partial charge is 0.238 e. The monoisotopic (exact) mass is 632 g/mol. The topological polar surface area (TPSA) is 95.9 Å². The molecule has 0 aromatic rings. The highest BCUT2D eigenvalue weighted by Crippen LogP contribution is 2.50. The van der Waals surface area contributed by atoms with Gasteiger partial charge >= 0.3 is 0 Å². The molecule has 0 aromatic heterocycles. The van der Waals surface area contributed by atoms with Crippen molar-refractivity contribution in [3.8, 4) is 0 Å². The van der Waals surface area contributed by atoms with E-state index >= 15 is 0 Å². The van der Waals surface area contributed by atoms with Gasteiger partial charge < -0.3 is 11.5 Å². The Morgan fingerprint density at radius 3 is 1.67 bits per heavy atom. The molecule has 0 spiro atoms. The second-order valence-electron chi connectivity index (χ2n) is 18.0. The third-order valence-corrected chi connectivity index (χ3v) is 13.1. The summed E-state index contributed by atoms with van der Waals surface area (Å²) >= 11 is 0. The number of nitrogens with two attached hydrogens (primary N) is 2. The lowest BCUT2D eigenvalue weighted by Crippen LogP contribution is -2.70. The average molecular weight is 632 g/mol. The molecule has 7 heteroatoms. The van der Waals surface area contributed by atoms with Crippen LogP contribution in [0.3, 0.4) is 0 Å². The van der Waals surface area contributed by atoms with Gasteiger partial charge in [-0.3, -0.25) is 24.3 Å². The van der Waals surface area contributed by atoms with Crippen molar-refractivity contribution < 1.29 is 9.59 Å². The van der Waals surface area contributed by atoms with E-state index in [9.17, 15) is 9.59 Å². The first-order chi connectivity index (χ1) is 20.8. The first-order valence-corrected chi connectivity index (χ1v) is 18.6. The molecule has 4 N–H and O–H groups in total. The van der Waals surface area contributed by atoms with Crippen LogP contribution in [0.2, 0.25) is 0 Å². The zero-order chi connectivity index (χ0) is 33.8. The Balaban J connectivity index is 1.98. The van der Waals surface area contributed by atoms with E-state index in [-0.39, 0.29) is 39.9 Å². The van der Waals surface area contributed by atoms with Gasteiger partial charge in [0.1, 0.15) is 5.54 Å². The summed E-state index contributed by atoms with van der Waals surface area (Å²) in [5.74, 6) is 0.526. The fourth-order valence-electron chi connectivity index (χ4n) is 10.2. The number of hydrogen-bond acceptors (Lipinski definition) is 5. The lowest BCUT2D eigenvalue weighted by atomic mass is 9.63. The third-order valence-electron chi connectivity index (χ3n) is 13.1. The second-order valence-corrected chi connectivity index (χ2v) is 18.0. The van der Waals surface area contributed by atoms with Gasteiger partial charge in [-0.15, -0.1) is 0 Å². The van der Waals surface area contributed by atoms with Crippen molar-refractivity contribution in [3.63, 3.8) is 0 Å². The minimum Gasteiger partial charge on any atom is -0.370 e. The first-order valence-electron chi connectivity index (χ1n) is 18.6. The Labute approximate surface area is 278 Å². The van der Waals surface area contributed by atoms with Crippen LogP contribution in [0.1, 0.15) is 165 Å². The third kappa shape index (κ3) is 9.04. The van der Waals surface area contributed by atoms with Crippen molar-refractivity contribution in [2.24, 2.45) is 23.3 Å². The molecule has 0 aromatic carbocycles. The van der Waals surface area contributed by atoms with E-state index in [1.165, 1.54) is 44.9 Å². The summed E-state index contributed by atoms with van der Waals surface area (Å²) in [6.07, 6.45) is 17.9. The number of amides is 2. The standard InChI is InChI=1S/C38H73N5O2/c1-34(2)25-29(26-35(3,4)41(34)9)22-24-43(31-19-15-14-16-20-31)38(33(40)45,23-18-13-11-12-17-21-32(39)44)30-27-36(5,6)42(10)37(7,8)28-30/h29-31H,11-28H2,1-10H3,(H2,39,44)(H2,40,45). The Kier molecular flexibility index (Phi) is 12.7. The molecule has 0 radical (unpaired) electrons. The highest BCUT2D eigenvalue weighted by atomic mass is 16.2. The van der Waals surface area contributed by atoms with Gasteiger partial charge in [0.15, 0.2) is 0 Å². The summed E-state index contributed by atoms with van der Waals surface area (Å²) in [6, 6.07) is 0.417. The molecule has 3 rings (SSSR count). The SMILES string of the molecule is CN1C(C)(C)CC(CCN(C2CCCCC2)C(CCCCCCCC(N)=O)(C(N)=O)C2CC(C)(C)N(C)C(C)(C)C2)CC1(C)C. The van der Waals surface area contributed by atoms with Crippen LogP contribution in [-0.4, -0.2) is 80.9 Å². The van der Waals surface area contributed by atoms with Crippen molar-refractivity contribution in [1.82, 2.24) is 14.7 Å². The molecule has 3 fully saturated rings. The van der Waals surface area contributed by atoms with Crippen molar-refractivity contribution in [2.75, 3.05) is 20.6 Å². The number of primary amides is 2. The number of hydrogen-bond donors (Lipinski definition) is 2. The molecule has 2 amide bonds. The maximum absolute atomic E-state index is 14.4. The minimum absolute atomic E-state index is 0.0257. The van der Waals surface area contributed by atoms with Crippen LogP contribution < -0.4 is 11.5 Å². The number of rotatable bonds is 15. The zero-order valence-corrected chi connectivity index (χ0v) is 31.3. The molecule has 1 atom stereocenters. The van der Waals surface area contributed by atoms with E-state index in [2.05, 4.69) is 84.2 Å². The molecule has 3 aliphatic rings. The van der Waals surface area contributed by atoms with Gasteiger partial charge in [-0.25, -0.2) is 0 Å². The van der Waals surface area contributed by atoms with Crippen molar-refractivity contribution >= 4 is 11.8 Å². The van der Waals surface area contributed by atoms with Crippen molar-refractivity contribution in [2.45, 2.75) is 198 Å². The quantitative estimate of drug-likeness (QED) is 0.186. The van der Waals surface area contributed by atoms with Crippen LogP contribution in [-0.2, 0) is 9.59 Å². The Hall–Kier alpha value is -1.18. The molecule has 1 unspecified atom stereocenters. The molecule has 262 valence electrons. The van der Waals surface area contributed by atoms with Crippen LogP contribution in [0.15, 0.2) is 0 Å². The fraction of sp³-hybridized carbons (Fsp3) is 0.947. The van der Waals surface area contributed by atoms with Gasteiger partial charge in [0.05, 0.1) is 0 Å². The molecule has 0 bridgehead atoms. The van der Waals surface area contributed by atoms with Crippen molar-refractivity contribution in [1.29, 1.82) is 0 Å². The van der Waals surface area contributed by atoms with E-state index < -0.39 is 5.54 Å². The number of carbonyl (C=O) groups excluding carboxylic acids is 2. The van der Waals surface area contributed by atoms with E-state index in [0.717, 1.165) is 64.3 Å². The maximum atomic E-state index is 14.4. The summed E-state index contributed by atoms with van der Waals surface area (Å²) in [5, 5.41) is 0. The Morgan fingerprint density at radius 1 is 0.711 bits per heavy atom. The Bertz CT molecular complexity index is 949. The number of likely N-dealkylation sites (tertiary alicyclic amines) is 2. The van der Waals surface area contributed by atoms with Crippen LogP contribution in [0.25, 0.3) is 0 Å². The van der Waals surface area contributed by atoms with Gasteiger partial charge in [0.2, 0.25) is 11.8 Å². The number of nitrogens with zero attached hydrogens (tertiary/aromatic N) is 3. The van der Waals surface area contributed by atoms with Crippen LogP contribution in [0, 0.1) is 11.8 Å². The maximum Gasteiger partial charge on any atom is 0.238 e. The number of unbranched alkanes of at least 4 members (excludes halogenated alkanes) is 4. The first kappa shape index (κ1) is 38.3. The predicted molar refractivity (Wildman–Crippen MR) is 189 cm³/mol. The summed E-state index contributed by atoms with van der Waals surface area (Å²) in [5.41, 5.74) is 11.8.